The highest BCUT2D eigenvalue weighted by atomic mass is 19.1. The highest BCUT2D eigenvalue weighted by Gasteiger charge is 2.08. The molecule has 1 heterocycles. The molecule has 1 aromatic heterocycles. The predicted molar refractivity (Wildman–Crippen MR) is 57.7 cm³/mol. The molecule has 0 spiro atoms. The van der Waals surface area contributed by atoms with E-state index in [9.17, 15) is 4.39 Å². The lowest BCUT2D eigenvalue weighted by atomic mass is 10.1. The van der Waals surface area contributed by atoms with Crippen molar-refractivity contribution < 1.29 is 13.7 Å². The molecule has 0 aliphatic rings. The number of hydrogen-bond acceptors (Lipinski definition) is 4. The Balaban J connectivity index is 2.43. The summed E-state index contributed by atoms with van der Waals surface area (Å²) in [6.45, 7) is -0.593. The first-order chi connectivity index (χ1) is 7.74. The van der Waals surface area contributed by atoms with Gasteiger partial charge >= 0.3 is 0 Å². The molecule has 0 aliphatic carbocycles. The van der Waals surface area contributed by atoms with Crippen LogP contribution in [-0.2, 0) is 6.67 Å². The van der Waals surface area contributed by atoms with Crippen LogP contribution in [0.5, 0.6) is 5.75 Å². The second kappa shape index (κ2) is 4.22. The number of nitrogen functional groups attached to an aromatic ring is 1. The Morgan fingerprint density at radius 3 is 2.81 bits per heavy atom. The van der Waals surface area contributed by atoms with Gasteiger partial charge in [-0.3, -0.25) is 0 Å². The Bertz CT molecular complexity index is 496. The molecule has 84 valence electrons. The van der Waals surface area contributed by atoms with Gasteiger partial charge in [0.15, 0.2) is 0 Å². The second-order valence-electron chi connectivity index (χ2n) is 3.27. The standard InChI is InChI=1S/C11H11FN2O2/c1-15-10-3-2-7(4-8(10)6-12)9-5-11(13)16-14-9/h2-5H,6,13H2,1H3. The number of methoxy groups -OCH3 is 1. The summed E-state index contributed by atoms with van der Waals surface area (Å²) in [5, 5.41) is 3.75. The number of hydrogen-bond donors (Lipinski definition) is 1. The number of nitrogens with two attached hydrogens (primary N) is 1. The average Bonchev–Trinajstić information content (AvgIpc) is 2.75. The van der Waals surface area contributed by atoms with Gasteiger partial charge in [-0.25, -0.2) is 4.39 Å². The van der Waals surface area contributed by atoms with E-state index in [1.54, 1.807) is 24.3 Å². The zero-order chi connectivity index (χ0) is 11.5. The topological polar surface area (TPSA) is 61.3 Å². The molecule has 0 fully saturated rings. The summed E-state index contributed by atoms with van der Waals surface area (Å²) < 4.78 is 22.5. The molecule has 0 atom stereocenters. The maximum atomic E-state index is 12.7. The number of halogens is 1. The number of benzene rings is 1. The molecule has 0 saturated carbocycles. The molecule has 0 saturated heterocycles. The van der Waals surface area contributed by atoms with Gasteiger partial charge in [-0.1, -0.05) is 5.16 Å². The highest BCUT2D eigenvalue weighted by Crippen LogP contribution is 2.27. The molecule has 0 bridgehead atoms. The third-order valence-corrected chi connectivity index (χ3v) is 2.25. The normalized spacial score (nSPS) is 10.4. The lowest BCUT2D eigenvalue weighted by molar-refractivity contribution is 0.394. The highest BCUT2D eigenvalue weighted by molar-refractivity contribution is 5.63. The van der Waals surface area contributed by atoms with Gasteiger partial charge in [-0.2, -0.15) is 0 Å². The van der Waals surface area contributed by atoms with Gasteiger partial charge in [0, 0.05) is 17.2 Å². The first kappa shape index (κ1) is 10.5. The summed E-state index contributed by atoms with van der Waals surface area (Å²) in [5.74, 6) is 0.746. The van der Waals surface area contributed by atoms with Crippen molar-refractivity contribution in [3.05, 3.63) is 29.8 Å². The van der Waals surface area contributed by atoms with Crippen LogP contribution >= 0.6 is 0 Å². The van der Waals surface area contributed by atoms with Gasteiger partial charge in [0.1, 0.15) is 18.1 Å². The lowest BCUT2D eigenvalue weighted by Crippen LogP contribution is -1.90. The van der Waals surface area contributed by atoms with Crippen LogP contribution in [0.25, 0.3) is 11.3 Å². The summed E-state index contributed by atoms with van der Waals surface area (Å²) in [4.78, 5) is 0. The molecule has 2 N–H and O–H groups in total. The van der Waals surface area contributed by atoms with E-state index in [2.05, 4.69) is 5.16 Å². The molecule has 16 heavy (non-hydrogen) atoms. The summed E-state index contributed by atoms with van der Waals surface area (Å²) >= 11 is 0. The van der Waals surface area contributed by atoms with Crippen molar-refractivity contribution in [2.75, 3.05) is 12.8 Å². The van der Waals surface area contributed by atoms with Crippen LogP contribution in [0.1, 0.15) is 5.56 Å². The summed E-state index contributed by atoms with van der Waals surface area (Å²) in [6, 6.07) is 6.71. The van der Waals surface area contributed by atoms with Crippen molar-refractivity contribution in [1.29, 1.82) is 0 Å². The lowest BCUT2D eigenvalue weighted by Gasteiger charge is -2.06. The third-order valence-electron chi connectivity index (χ3n) is 2.25. The SMILES string of the molecule is COc1ccc(-c2cc(N)on2)cc1CF. The van der Waals surface area contributed by atoms with Gasteiger partial charge in [-0.05, 0) is 18.2 Å². The monoisotopic (exact) mass is 222 g/mol. The Morgan fingerprint density at radius 2 is 2.25 bits per heavy atom. The smallest absolute Gasteiger partial charge is 0.222 e. The molecule has 2 rings (SSSR count). The first-order valence-corrected chi connectivity index (χ1v) is 4.70. The molecule has 1 aromatic carbocycles. The minimum Gasteiger partial charge on any atom is -0.496 e. The number of ether oxygens (including phenoxy) is 1. The molecule has 0 unspecified atom stereocenters. The van der Waals surface area contributed by atoms with E-state index in [1.165, 1.54) is 7.11 Å². The fourth-order valence-corrected chi connectivity index (χ4v) is 1.47. The molecule has 4 nitrogen and oxygen atoms in total. The van der Waals surface area contributed by atoms with Crippen molar-refractivity contribution >= 4 is 5.88 Å². The molecule has 0 amide bonds. The number of rotatable bonds is 3. The van der Waals surface area contributed by atoms with E-state index in [1.807, 2.05) is 0 Å². The Hall–Kier alpha value is -2.04. The van der Waals surface area contributed by atoms with Crippen LogP contribution in [-0.4, -0.2) is 12.3 Å². The van der Waals surface area contributed by atoms with E-state index in [4.69, 9.17) is 15.0 Å². The number of alkyl halides is 1. The van der Waals surface area contributed by atoms with Crippen LogP contribution in [0.15, 0.2) is 28.8 Å². The molecule has 0 radical (unpaired) electrons. The molecule has 0 aliphatic heterocycles. The van der Waals surface area contributed by atoms with Crippen molar-refractivity contribution in [2.24, 2.45) is 0 Å². The van der Waals surface area contributed by atoms with E-state index in [-0.39, 0.29) is 5.88 Å². The van der Waals surface area contributed by atoms with E-state index in [0.29, 0.717) is 17.0 Å². The molecule has 2 aromatic rings. The number of anilines is 1. The molecular formula is C11H11FN2O2. The van der Waals surface area contributed by atoms with Crippen molar-refractivity contribution in [3.8, 4) is 17.0 Å². The minimum absolute atomic E-state index is 0.229. The van der Waals surface area contributed by atoms with Gasteiger partial charge in [0.25, 0.3) is 0 Å². The summed E-state index contributed by atoms with van der Waals surface area (Å²) in [7, 11) is 1.50. The van der Waals surface area contributed by atoms with E-state index in [0.717, 1.165) is 5.56 Å². The van der Waals surface area contributed by atoms with Crippen LogP contribution in [0, 0.1) is 0 Å². The number of aromatic nitrogens is 1. The van der Waals surface area contributed by atoms with Gasteiger partial charge in [0.05, 0.1) is 7.11 Å². The van der Waals surface area contributed by atoms with Crippen LogP contribution < -0.4 is 10.5 Å². The Kier molecular flexibility index (Phi) is 2.76. The van der Waals surface area contributed by atoms with Crippen LogP contribution in [0.3, 0.4) is 0 Å². The van der Waals surface area contributed by atoms with E-state index < -0.39 is 6.67 Å². The summed E-state index contributed by atoms with van der Waals surface area (Å²) in [5.41, 5.74) is 7.21. The Morgan fingerprint density at radius 1 is 1.44 bits per heavy atom. The second-order valence-corrected chi connectivity index (χ2v) is 3.27. The first-order valence-electron chi connectivity index (χ1n) is 4.70. The maximum absolute atomic E-state index is 12.7. The zero-order valence-corrected chi connectivity index (χ0v) is 8.74. The van der Waals surface area contributed by atoms with Crippen molar-refractivity contribution in [3.63, 3.8) is 0 Å². The largest absolute Gasteiger partial charge is 0.496 e. The fourth-order valence-electron chi connectivity index (χ4n) is 1.47. The quantitative estimate of drug-likeness (QED) is 0.866. The zero-order valence-electron chi connectivity index (χ0n) is 8.74. The van der Waals surface area contributed by atoms with E-state index >= 15 is 0 Å². The third kappa shape index (κ3) is 1.84. The molecule has 5 heteroatoms. The number of nitrogens with zero attached hydrogens (tertiary/aromatic N) is 1. The van der Waals surface area contributed by atoms with Crippen LogP contribution in [0.2, 0.25) is 0 Å². The fraction of sp³-hybridized carbons (Fsp3) is 0.182. The Labute approximate surface area is 91.8 Å². The van der Waals surface area contributed by atoms with Crippen molar-refractivity contribution in [1.82, 2.24) is 5.16 Å². The van der Waals surface area contributed by atoms with Crippen LogP contribution in [0.4, 0.5) is 10.3 Å². The van der Waals surface area contributed by atoms with Gasteiger partial charge < -0.3 is 15.0 Å². The minimum atomic E-state index is -0.593. The maximum Gasteiger partial charge on any atom is 0.222 e. The van der Waals surface area contributed by atoms with Gasteiger partial charge in [-0.15, -0.1) is 0 Å². The average molecular weight is 222 g/mol. The van der Waals surface area contributed by atoms with Gasteiger partial charge in [0.2, 0.25) is 5.88 Å². The predicted octanol–water partition coefficient (Wildman–Crippen LogP) is 2.40. The molecular weight excluding hydrogens is 211 g/mol. The summed E-state index contributed by atoms with van der Waals surface area (Å²) in [6.07, 6.45) is 0. The van der Waals surface area contributed by atoms with Crippen molar-refractivity contribution in [2.45, 2.75) is 6.67 Å².